The molecule has 1 heterocycles. The molecule has 1 unspecified atom stereocenters. The molecule has 0 saturated carbocycles. The highest BCUT2D eigenvalue weighted by molar-refractivity contribution is 5.85. The molecule has 0 fully saturated rings. The molecule has 3 N–H and O–H groups in total. The van der Waals surface area contributed by atoms with E-state index in [-0.39, 0.29) is 11.9 Å². The Morgan fingerprint density at radius 1 is 1.10 bits per heavy atom. The molecule has 0 aliphatic rings. The molecule has 1 aromatic heterocycles. The number of benzene rings is 2. The fraction of sp³-hybridized carbons (Fsp3) is 0.118. The molecular formula is C17H16FN3. The zero-order chi connectivity index (χ0) is 14.7. The summed E-state index contributed by atoms with van der Waals surface area (Å²) in [6.07, 6.45) is 4.24. The Labute approximate surface area is 122 Å². The number of pyridine rings is 1. The predicted molar refractivity (Wildman–Crippen MR) is 81.9 cm³/mol. The van der Waals surface area contributed by atoms with E-state index in [1.807, 2.05) is 42.7 Å². The van der Waals surface area contributed by atoms with Gasteiger partial charge in [-0.25, -0.2) is 4.39 Å². The van der Waals surface area contributed by atoms with Gasteiger partial charge in [-0.05, 0) is 35.1 Å². The van der Waals surface area contributed by atoms with Crippen LogP contribution >= 0.6 is 0 Å². The molecule has 4 heteroatoms. The summed E-state index contributed by atoms with van der Waals surface area (Å²) < 4.78 is 13.3. The van der Waals surface area contributed by atoms with Gasteiger partial charge in [0.2, 0.25) is 0 Å². The number of fused-ring (bicyclic) bond motifs is 1. The standard InChI is InChI=1S/C17H16FN3/c18-14-6-3-4-12(8-14)9-17(21-19)16-11-20-10-13-5-1-2-7-15(13)16/h1-8,10-11,17,21H,9,19H2. The summed E-state index contributed by atoms with van der Waals surface area (Å²) >= 11 is 0. The highest BCUT2D eigenvalue weighted by Crippen LogP contribution is 2.25. The number of hydrogen-bond acceptors (Lipinski definition) is 3. The lowest BCUT2D eigenvalue weighted by Gasteiger charge is -2.18. The third-order valence-electron chi connectivity index (χ3n) is 3.60. The van der Waals surface area contributed by atoms with Crippen LogP contribution in [0.1, 0.15) is 17.2 Å². The van der Waals surface area contributed by atoms with Crippen LogP contribution in [-0.2, 0) is 6.42 Å². The second kappa shape index (κ2) is 5.99. The molecule has 106 valence electrons. The summed E-state index contributed by atoms with van der Waals surface area (Å²) in [6.45, 7) is 0. The van der Waals surface area contributed by atoms with Crippen LogP contribution < -0.4 is 11.3 Å². The Bertz CT molecular complexity index is 752. The molecule has 3 rings (SSSR count). The number of halogens is 1. The van der Waals surface area contributed by atoms with Crippen LogP contribution in [0.15, 0.2) is 60.9 Å². The van der Waals surface area contributed by atoms with Gasteiger partial charge in [-0.3, -0.25) is 16.3 Å². The van der Waals surface area contributed by atoms with Gasteiger partial charge in [0.05, 0.1) is 6.04 Å². The molecule has 0 radical (unpaired) electrons. The summed E-state index contributed by atoms with van der Waals surface area (Å²) in [5.41, 5.74) is 4.72. The molecule has 0 aliphatic heterocycles. The third-order valence-corrected chi connectivity index (χ3v) is 3.60. The smallest absolute Gasteiger partial charge is 0.123 e. The summed E-state index contributed by atoms with van der Waals surface area (Å²) in [6, 6.07) is 14.5. The van der Waals surface area contributed by atoms with Gasteiger partial charge in [-0.2, -0.15) is 0 Å². The van der Waals surface area contributed by atoms with Crippen LogP contribution in [0.5, 0.6) is 0 Å². The fourth-order valence-electron chi connectivity index (χ4n) is 2.58. The van der Waals surface area contributed by atoms with E-state index in [2.05, 4.69) is 10.4 Å². The van der Waals surface area contributed by atoms with Gasteiger partial charge in [-0.1, -0.05) is 36.4 Å². The normalized spacial score (nSPS) is 12.5. The maximum absolute atomic E-state index is 13.3. The van der Waals surface area contributed by atoms with E-state index in [1.54, 1.807) is 6.07 Å². The van der Waals surface area contributed by atoms with E-state index in [4.69, 9.17) is 5.84 Å². The predicted octanol–water partition coefficient (Wildman–Crippen LogP) is 3.12. The van der Waals surface area contributed by atoms with E-state index < -0.39 is 0 Å². The Morgan fingerprint density at radius 2 is 1.95 bits per heavy atom. The number of nitrogens with two attached hydrogens (primary N) is 1. The second-order valence-electron chi connectivity index (χ2n) is 5.00. The number of rotatable bonds is 4. The van der Waals surface area contributed by atoms with Gasteiger partial charge < -0.3 is 0 Å². The molecule has 0 aliphatic carbocycles. The lowest BCUT2D eigenvalue weighted by Crippen LogP contribution is -2.29. The minimum Gasteiger partial charge on any atom is -0.271 e. The van der Waals surface area contributed by atoms with Crippen molar-refractivity contribution in [3.8, 4) is 0 Å². The third kappa shape index (κ3) is 2.91. The second-order valence-corrected chi connectivity index (χ2v) is 5.00. The zero-order valence-corrected chi connectivity index (χ0v) is 11.5. The Hall–Kier alpha value is -2.30. The van der Waals surface area contributed by atoms with Gasteiger partial charge in [0.25, 0.3) is 0 Å². The van der Waals surface area contributed by atoms with Crippen LogP contribution in [0.4, 0.5) is 4.39 Å². The maximum atomic E-state index is 13.3. The topological polar surface area (TPSA) is 50.9 Å². The number of nitrogens with zero attached hydrogens (tertiary/aromatic N) is 1. The molecule has 3 nitrogen and oxygen atoms in total. The van der Waals surface area contributed by atoms with Crippen molar-refractivity contribution in [3.05, 3.63) is 77.9 Å². The molecule has 0 amide bonds. The summed E-state index contributed by atoms with van der Waals surface area (Å²) in [5.74, 6) is 5.47. The van der Waals surface area contributed by atoms with Crippen LogP contribution in [0.25, 0.3) is 10.8 Å². The van der Waals surface area contributed by atoms with Crippen molar-refractivity contribution < 1.29 is 4.39 Å². The Morgan fingerprint density at radius 3 is 2.76 bits per heavy atom. The Balaban J connectivity index is 1.98. The first kappa shape index (κ1) is 13.7. The number of nitrogens with one attached hydrogen (secondary N) is 1. The summed E-state index contributed by atoms with van der Waals surface area (Å²) in [5, 5.41) is 2.17. The lowest BCUT2D eigenvalue weighted by molar-refractivity contribution is 0.550. The minimum atomic E-state index is -0.237. The molecule has 3 aromatic rings. The van der Waals surface area contributed by atoms with Crippen LogP contribution in [-0.4, -0.2) is 4.98 Å². The van der Waals surface area contributed by atoms with Crippen LogP contribution in [0.2, 0.25) is 0 Å². The monoisotopic (exact) mass is 281 g/mol. The first-order valence-corrected chi connectivity index (χ1v) is 6.81. The first-order chi connectivity index (χ1) is 10.3. The largest absolute Gasteiger partial charge is 0.271 e. The molecule has 2 aromatic carbocycles. The van der Waals surface area contributed by atoms with Gasteiger partial charge in [-0.15, -0.1) is 0 Å². The molecule has 0 saturated heterocycles. The SMILES string of the molecule is NNC(Cc1cccc(F)c1)c1cncc2ccccc12. The van der Waals surface area contributed by atoms with E-state index in [9.17, 15) is 4.39 Å². The number of hydrazine groups is 1. The molecular weight excluding hydrogens is 265 g/mol. The van der Waals surface area contributed by atoms with Crippen molar-refractivity contribution in [1.82, 2.24) is 10.4 Å². The van der Waals surface area contributed by atoms with Crippen molar-refractivity contribution in [3.63, 3.8) is 0 Å². The van der Waals surface area contributed by atoms with Crippen molar-refractivity contribution in [1.29, 1.82) is 0 Å². The highest BCUT2D eigenvalue weighted by atomic mass is 19.1. The van der Waals surface area contributed by atoms with Crippen LogP contribution in [0.3, 0.4) is 0 Å². The Kier molecular flexibility index (Phi) is 3.90. The van der Waals surface area contributed by atoms with Gasteiger partial charge in [0.1, 0.15) is 5.82 Å². The molecule has 1 atom stereocenters. The zero-order valence-electron chi connectivity index (χ0n) is 11.5. The lowest BCUT2D eigenvalue weighted by atomic mass is 9.96. The van der Waals surface area contributed by atoms with E-state index in [0.29, 0.717) is 6.42 Å². The van der Waals surface area contributed by atoms with Crippen molar-refractivity contribution in [2.75, 3.05) is 0 Å². The number of aromatic nitrogens is 1. The molecule has 0 bridgehead atoms. The first-order valence-electron chi connectivity index (χ1n) is 6.81. The maximum Gasteiger partial charge on any atom is 0.123 e. The van der Waals surface area contributed by atoms with Gasteiger partial charge >= 0.3 is 0 Å². The van der Waals surface area contributed by atoms with E-state index in [0.717, 1.165) is 21.9 Å². The summed E-state index contributed by atoms with van der Waals surface area (Å²) in [7, 11) is 0. The summed E-state index contributed by atoms with van der Waals surface area (Å²) in [4.78, 5) is 4.27. The highest BCUT2D eigenvalue weighted by Gasteiger charge is 2.14. The van der Waals surface area contributed by atoms with E-state index in [1.165, 1.54) is 12.1 Å². The number of hydrogen-bond donors (Lipinski definition) is 2. The minimum absolute atomic E-state index is 0.120. The average molecular weight is 281 g/mol. The quantitative estimate of drug-likeness (QED) is 0.570. The van der Waals surface area contributed by atoms with E-state index >= 15 is 0 Å². The van der Waals surface area contributed by atoms with Crippen molar-refractivity contribution in [2.24, 2.45) is 5.84 Å². The van der Waals surface area contributed by atoms with Gasteiger partial charge in [0.15, 0.2) is 0 Å². The average Bonchev–Trinajstić information content (AvgIpc) is 2.52. The molecule has 0 spiro atoms. The van der Waals surface area contributed by atoms with Crippen molar-refractivity contribution in [2.45, 2.75) is 12.5 Å². The van der Waals surface area contributed by atoms with Gasteiger partial charge in [0, 0.05) is 17.8 Å². The van der Waals surface area contributed by atoms with Crippen molar-refractivity contribution >= 4 is 10.8 Å². The fourth-order valence-corrected chi connectivity index (χ4v) is 2.58. The molecule has 21 heavy (non-hydrogen) atoms. The van der Waals surface area contributed by atoms with Crippen LogP contribution in [0, 0.1) is 5.82 Å².